The Hall–Kier alpha value is -2.22. The number of likely N-dealkylation sites (N-methyl/N-ethyl adjacent to an activating group) is 1. The average Bonchev–Trinajstić information content (AvgIpc) is 3.11. The van der Waals surface area contributed by atoms with Gasteiger partial charge in [-0.15, -0.1) is 0 Å². The summed E-state index contributed by atoms with van der Waals surface area (Å²) in [5.41, 5.74) is 10.2. The maximum Gasteiger partial charge on any atom is 0.109 e. The number of hydrogen-bond acceptors (Lipinski definition) is 2. The van der Waals surface area contributed by atoms with Crippen LogP contribution in [-0.2, 0) is 12.8 Å². The van der Waals surface area contributed by atoms with Crippen LogP contribution >= 0.6 is 0 Å². The number of fused-ring (bicyclic) bond motifs is 7. The molecule has 1 atom stereocenters. The average molecular weight is 274 g/mol. The number of anilines is 1. The predicted octanol–water partition coefficient (Wildman–Crippen LogP) is 3.75. The molecule has 0 saturated heterocycles. The molecule has 0 radical (unpaired) electrons. The van der Waals surface area contributed by atoms with Crippen molar-refractivity contribution in [2.24, 2.45) is 0 Å². The molecule has 0 aromatic heterocycles. The molecule has 0 amide bonds. The topological polar surface area (TPSA) is 6.48 Å². The normalized spacial score (nSPS) is 21.0. The second-order valence-corrected chi connectivity index (χ2v) is 6.41. The lowest BCUT2D eigenvalue weighted by Crippen LogP contribution is -2.34. The Labute approximate surface area is 125 Å². The highest BCUT2D eigenvalue weighted by molar-refractivity contribution is 5.85. The summed E-state index contributed by atoms with van der Waals surface area (Å²) >= 11 is 0. The maximum atomic E-state index is 2.50. The molecule has 2 nitrogen and oxygen atoms in total. The van der Waals surface area contributed by atoms with E-state index in [1.165, 1.54) is 39.2 Å². The molecule has 1 unspecified atom stereocenters. The second kappa shape index (κ2) is 3.70. The summed E-state index contributed by atoms with van der Waals surface area (Å²) in [7, 11) is 2.21. The third kappa shape index (κ3) is 1.33. The van der Waals surface area contributed by atoms with Gasteiger partial charge in [-0.25, -0.2) is 0 Å². The van der Waals surface area contributed by atoms with E-state index in [0.717, 1.165) is 12.8 Å². The van der Waals surface area contributed by atoms with Crippen LogP contribution in [0.15, 0.2) is 48.3 Å². The van der Waals surface area contributed by atoms with Gasteiger partial charge in [0.25, 0.3) is 0 Å². The van der Waals surface area contributed by atoms with Crippen molar-refractivity contribution in [3.05, 3.63) is 65.0 Å². The highest BCUT2D eigenvalue weighted by Crippen LogP contribution is 2.48. The van der Waals surface area contributed by atoms with E-state index in [0.29, 0.717) is 6.17 Å². The van der Waals surface area contributed by atoms with Crippen LogP contribution in [0.4, 0.5) is 5.69 Å². The number of nitrogens with zero attached hydrogens (tertiary/aromatic N) is 2. The molecule has 21 heavy (non-hydrogen) atoms. The van der Waals surface area contributed by atoms with Crippen LogP contribution in [0.1, 0.15) is 23.6 Å². The number of allylic oxidation sites excluding steroid dienone is 1. The van der Waals surface area contributed by atoms with E-state index < -0.39 is 0 Å². The van der Waals surface area contributed by atoms with Gasteiger partial charge in [0.2, 0.25) is 0 Å². The number of benzene rings is 2. The summed E-state index contributed by atoms with van der Waals surface area (Å²) in [5.74, 6) is 0. The highest BCUT2D eigenvalue weighted by Gasteiger charge is 2.38. The van der Waals surface area contributed by atoms with Crippen molar-refractivity contribution in [3.8, 4) is 11.1 Å². The van der Waals surface area contributed by atoms with E-state index in [1.54, 1.807) is 0 Å². The van der Waals surface area contributed by atoms with Gasteiger partial charge < -0.3 is 9.80 Å². The first kappa shape index (κ1) is 11.4. The third-order valence-electron chi connectivity index (χ3n) is 5.35. The molecule has 0 bridgehead atoms. The number of rotatable bonds is 0. The van der Waals surface area contributed by atoms with Gasteiger partial charge in [0.1, 0.15) is 6.17 Å². The van der Waals surface area contributed by atoms with Crippen molar-refractivity contribution < 1.29 is 0 Å². The van der Waals surface area contributed by atoms with Gasteiger partial charge in [0, 0.05) is 31.8 Å². The molecule has 2 aliphatic heterocycles. The van der Waals surface area contributed by atoms with Crippen molar-refractivity contribution in [2.75, 3.05) is 11.9 Å². The van der Waals surface area contributed by atoms with Crippen LogP contribution in [0, 0.1) is 0 Å². The third-order valence-corrected chi connectivity index (χ3v) is 5.35. The fraction of sp³-hybridized carbons (Fsp3) is 0.263. The molecule has 104 valence electrons. The first-order valence-corrected chi connectivity index (χ1v) is 7.66. The lowest BCUT2D eigenvalue weighted by Gasteiger charge is -2.25. The Balaban J connectivity index is 1.73. The lowest BCUT2D eigenvalue weighted by atomic mass is 10.0. The Morgan fingerprint density at radius 3 is 2.76 bits per heavy atom. The van der Waals surface area contributed by atoms with Crippen molar-refractivity contribution in [1.82, 2.24) is 4.90 Å². The highest BCUT2D eigenvalue weighted by atomic mass is 15.4. The van der Waals surface area contributed by atoms with Gasteiger partial charge >= 0.3 is 0 Å². The summed E-state index contributed by atoms with van der Waals surface area (Å²) in [5, 5.41) is 0. The molecule has 3 aliphatic rings. The standard InChI is InChI=1S/C19H18N2/c1-12-11-21-18(20(12)2)10-14-7-8-16-15-6-4-3-5-13(15)9-17(16)19(14)21/h3-8,11,18H,9-10H2,1-2H3. The smallest absolute Gasteiger partial charge is 0.109 e. The van der Waals surface area contributed by atoms with Crippen LogP contribution in [0.2, 0.25) is 0 Å². The van der Waals surface area contributed by atoms with Crippen molar-refractivity contribution >= 4 is 5.69 Å². The Kier molecular flexibility index (Phi) is 2.02. The predicted molar refractivity (Wildman–Crippen MR) is 86.2 cm³/mol. The van der Waals surface area contributed by atoms with Crippen LogP contribution in [0.25, 0.3) is 11.1 Å². The van der Waals surface area contributed by atoms with Crippen molar-refractivity contribution in [1.29, 1.82) is 0 Å². The first-order valence-electron chi connectivity index (χ1n) is 7.66. The van der Waals surface area contributed by atoms with E-state index >= 15 is 0 Å². The molecule has 0 spiro atoms. The second-order valence-electron chi connectivity index (χ2n) is 6.41. The molecule has 0 N–H and O–H groups in total. The van der Waals surface area contributed by atoms with Crippen LogP contribution in [0.3, 0.4) is 0 Å². The van der Waals surface area contributed by atoms with Crippen molar-refractivity contribution in [2.45, 2.75) is 25.9 Å². The molecule has 2 heterocycles. The number of hydrogen-bond donors (Lipinski definition) is 0. The maximum absolute atomic E-state index is 2.50. The van der Waals surface area contributed by atoms with E-state index in [9.17, 15) is 0 Å². The summed E-state index contributed by atoms with van der Waals surface area (Å²) < 4.78 is 0. The van der Waals surface area contributed by atoms with Gasteiger partial charge in [-0.05, 0) is 34.7 Å². The first-order chi connectivity index (χ1) is 10.2. The van der Waals surface area contributed by atoms with Gasteiger partial charge in [0.15, 0.2) is 0 Å². The fourth-order valence-electron chi connectivity index (χ4n) is 4.18. The molecular weight excluding hydrogens is 256 g/mol. The van der Waals surface area contributed by atoms with E-state index in [2.05, 4.69) is 66.4 Å². The largest absolute Gasteiger partial charge is 0.356 e. The zero-order valence-electron chi connectivity index (χ0n) is 12.4. The minimum atomic E-state index is 0.482. The lowest BCUT2D eigenvalue weighted by molar-refractivity contribution is 0.344. The summed E-state index contributed by atoms with van der Waals surface area (Å²) in [6.45, 7) is 2.20. The van der Waals surface area contributed by atoms with E-state index in [-0.39, 0.29) is 0 Å². The zero-order chi connectivity index (χ0) is 14.1. The van der Waals surface area contributed by atoms with Crippen LogP contribution in [-0.4, -0.2) is 18.1 Å². The Morgan fingerprint density at radius 2 is 1.86 bits per heavy atom. The van der Waals surface area contributed by atoms with Gasteiger partial charge in [-0.1, -0.05) is 36.4 Å². The molecule has 2 aromatic rings. The summed E-state index contributed by atoms with van der Waals surface area (Å²) in [6.07, 6.45) is 5.01. The van der Waals surface area contributed by atoms with Crippen LogP contribution in [0.5, 0.6) is 0 Å². The molecular formula is C19H18N2. The van der Waals surface area contributed by atoms with E-state index in [4.69, 9.17) is 0 Å². The zero-order valence-corrected chi connectivity index (χ0v) is 12.4. The molecule has 5 rings (SSSR count). The van der Waals surface area contributed by atoms with Gasteiger partial charge in [-0.2, -0.15) is 0 Å². The monoisotopic (exact) mass is 274 g/mol. The van der Waals surface area contributed by atoms with Gasteiger partial charge in [-0.3, -0.25) is 0 Å². The Morgan fingerprint density at radius 1 is 1.00 bits per heavy atom. The van der Waals surface area contributed by atoms with Crippen molar-refractivity contribution in [3.63, 3.8) is 0 Å². The van der Waals surface area contributed by atoms with Gasteiger partial charge in [0.05, 0.1) is 5.69 Å². The van der Waals surface area contributed by atoms with E-state index in [1.807, 2.05) is 0 Å². The molecule has 1 aliphatic carbocycles. The molecule has 0 fully saturated rings. The molecule has 2 aromatic carbocycles. The minimum absolute atomic E-state index is 0.482. The molecule has 2 heteroatoms. The minimum Gasteiger partial charge on any atom is -0.356 e. The molecule has 0 saturated carbocycles. The summed E-state index contributed by atoms with van der Waals surface area (Å²) in [4.78, 5) is 4.89. The SMILES string of the molecule is CC1=CN2c3c(ccc4c3Cc3ccccc3-4)CC2N1C. The van der Waals surface area contributed by atoms with Crippen LogP contribution < -0.4 is 4.90 Å². The fourth-order valence-corrected chi connectivity index (χ4v) is 4.18. The summed E-state index contributed by atoms with van der Waals surface area (Å²) in [6, 6.07) is 13.5. The Bertz CT molecular complexity index is 803. The quantitative estimate of drug-likeness (QED) is 0.616.